The molecule has 5 nitrogen and oxygen atoms in total. The number of aliphatic carboxylic acids is 2. The second-order valence-corrected chi connectivity index (χ2v) is 3.94. The summed E-state index contributed by atoms with van der Waals surface area (Å²) in [6, 6.07) is 0. The van der Waals surface area contributed by atoms with Crippen LogP contribution in [0.25, 0.3) is 0 Å². The van der Waals surface area contributed by atoms with Crippen LogP contribution in [-0.2, 0) is 9.59 Å². The Labute approximate surface area is 74.5 Å². The third-order valence-corrected chi connectivity index (χ3v) is 3.34. The van der Waals surface area contributed by atoms with Crippen LogP contribution in [0.4, 0.5) is 0 Å². The van der Waals surface area contributed by atoms with Crippen LogP contribution in [-0.4, -0.2) is 27.7 Å². The molecular weight excluding hydrogens is 174 g/mol. The molecule has 13 heavy (non-hydrogen) atoms. The van der Waals surface area contributed by atoms with E-state index in [0.717, 1.165) is 0 Å². The van der Waals surface area contributed by atoms with E-state index in [1.807, 2.05) is 0 Å². The lowest BCUT2D eigenvalue weighted by Gasteiger charge is -2.20. The van der Waals surface area contributed by atoms with E-state index in [0.29, 0.717) is 12.8 Å². The molecule has 0 bridgehead atoms. The highest BCUT2D eigenvalue weighted by molar-refractivity contribution is 5.85. The van der Waals surface area contributed by atoms with E-state index in [1.165, 1.54) is 0 Å². The molecule has 2 saturated carbocycles. The van der Waals surface area contributed by atoms with Crippen molar-refractivity contribution in [3.05, 3.63) is 0 Å². The molecule has 2 unspecified atom stereocenters. The van der Waals surface area contributed by atoms with E-state index in [1.54, 1.807) is 0 Å². The zero-order valence-electron chi connectivity index (χ0n) is 6.93. The summed E-state index contributed by atoms with van der Waals surface area (Å²) in [6.45, 7) is 0. The highest BCUT2D eigenvalue weighted by Crippen LogP contribution is 2.61. The molecule has 0 aromatic carbocycles. The van der Waals surface area contributed by atoms with Crippen molar-refractivity contribution >= 4 is 11.9 Å². The maximum atomic E-state index is 10.8. The minimum absolute atomic E-state index is 0.00130. The number of nitrogens with two attached hydrogens (primary N) is 1. The smallest absolute Gasteiger partial charge is 0.324 e. The van der Waals surface area contributed by atoms with E-state index >= 15 is 0 Å². The van der Waals surface area contributed by atoms with Crippen molar-refractivity contribution in [1.29, 1.82) is 0 Å². The van der Waals surface area contributed by atoms with Crippen LogP contribution in [0.2, 0.25) is 0 Å². The molecule has 0 amide bonds. The monoisotopic (exact) mass is 185 g/mol. The van der Waals surface area contributed by atoms with E-state index in [4.69, 9.17) is 15.9 Å². The Bertz CT molecular complexity index is 290. The van der Waals surface area contributed by atoms with Gasteiger partial charge in [0.15, 0.2) is 0 Å². The van der Waals surface area contributed by atoms with Gasteiger partial charge >= 0.3 is 11.9 Å². The molecule has 2 fully saturated rings. The van der Waals surface area contributed by atoms with Crippen molar-refractivity contribution in [2.75, 3.05) is 0 Å². The number of hydrogen-bond donors (Lipinski definition) is 3. The third kappa shape index (κ3) is 0.904. The summed E-state index contributed by atoms with van der Waals surface area (Å²) in [5, 5.41) is 17.6. The lowest BCUT2D eigenvalue weighted by Crippen LogP contribution is -2.49. The summed E-state index contributed by atoms with van der Waals surface area (Å²) in [7, 11) is 0. The number of carboxylic acids is 2. The molecular formula is C8H11NO4. The largest absolute Gasteiger partial charge is 0.481 e. The zero-order chi connectivity index (χ0) is 9.80. The molecule has 4 N–H and O–H groups in total. The summed E-state index contributed by atoms with van der Waals surface area (Å²) in [5.74, 6) is -2.84. The van der Waals surface area contributed by atoms with E-state index in [9.17, 15) is 9.59 Å². The van der Waals surface area contributed by atoms with Crippen LogP contribution in [0.15, 0.2) is 0 Å². The first-order valence-electron chi connectivity index (χ1n) is 4.23. The average molecular weight is 185 g/mol. The summed E-state index contributed by atoms with van der Waals surface area (Å²) < 4.78 is 0. The van der Waals surface area contributed by atoms with Crippen LogP contribution < -0.4 is 5.73 Å². The molecule has 2 aliphatic carbocycles. The van der Waals surface area contributed by atoms with Crippen molar-refractivity contribution in [1.82, 2.24) is 0 Å². The van der Waals surface area contributed by atoms with Crippen LogP contribution in [0.1, 0.15) is 12.8 Å². The molecule has 0 saturated heterocycles. The Morgan fingerprint density at radius 1 is 1.38 bits per heavy atom. The van der Waals surface area contributed by atoms with Gasteiger partial charge in [0.25, 0.3) is 0 Å². The standard InChI is InChI=1S/C8H11NO4/c9-8(7(12)13)2-1-3-4(5(3)8)6(10)11/h3-5H,1-2,9H2,(H,10,11)(H,12,13)/t3?,4-,5-,8?/m0/s1. The van der Waals surface area contributed by atoms with Gasteiger partial charge in [-0.05, 0) is 18.8 Å². The number of rotatable bonds is 2. The SMILES string of the molecule is NC1(C(=O)O)CCC2[C@H](C(=O)O)[C@H]21. The first-order valence-corrected chi connectivity index (χ1v) is 4.23. The maximum Gasteiger partial charge on any atom is 0.324 e. The second-order valence-electron chi connectivity index (χ2n) is 3.94. The predicted octanol–water partition coefficient (Wildman–Crippen LogP) is -0.491. The van der Waals surface area contributed by atoms with Crippen molar-refractivity contribution in [2.24, 2.45) is 23.5 Å². The van der Waals surface area contributed by atoms with Crippen LogP contribution in [0.5, 0.6) is 0 Å². The molecule has 0 heterocycles. The molecule has 0 aromatic rings. The number of carbonyl (C=O) groups is 2. The summed E-state index contributed by atoms with van der Waals surface area (Å²) in [5.41, 5.74) is 4.37. The first kappa shape index (κ1) is 8.50. The Morgan fingerprint density at radius 3 is 2.38 bits per heavy atom. The van der Waals surface area contributed by atoms with Crippen molar-refractivity contribution in [2.45, 2.75) is 18.4 Å². The molecule has 5 heteroatoms. The number of carboxylic acid groups (broad SMARTS) is 2. The number of hydrogen-bond acceptors (Lipinski definition) is 3. The predicted molar refractivity (Wildman–Crippen MR) is 41.9 cm³/mol. The molecule has 2 aliphatic rings. The Morgan fingerprint density at radius 2 is 2.00 bits per heavy atom. The molecule has 4 atom stereocenters. The Balaban J connectivity index is 2.20. The van der Waals surface area contributed by atoms with Gasteiger partial charge in [-0.15, -0.1) is 0 Å². The first-order chi connectivity index (χ1) is 5.98. The Hall–Kier alpha value is -1.10. The molecule has 0 aliphatic heterocycles. The van der Waals surface area contributed by atoms with Gasteiger partial charge in [-0.3, -0.25) is 9.59 Å². The zero-order valence-corrected chi connectivity index (χ0v) is 6.93. The summed E-state index contributed by atoms with van der Waals surface area (Å²) in [6.07, 6.45) is 1.03. The number of fused-ring (bicyclic) bond motifs is 1. The lowest BCUT2D eigenvalue weighted by molar-refractivity contribution is -0.145. The summed E-state index contributed by atoms with van der Waals surface area (Å²) in [4.78, 5) is 21.4. The van der Waals surface area contributed by atoms with Gasteiger partial charge < -0.3 is 15.9 Å². The molecule has 72 valence electrons. The second kappa shape index (κ2) is 2.23. The lowest BCUT2D eigenvalue weighted by atomic mass is 9.92. The fraction of sp³-hybridized carbons (Fsp3) is 0.750. The fourth-order valence-electron chi connectivity index (χ4n) is 2.59. The van der Waals surface area contributed by atoms with E-state index in [-0.39, 0.29) is 11.8 Å². The molecule has 0 spiro atoms. The van der Waals surface area contributed by atoms with Gasteiger partial charge in [-0.25, -0.2) is 0 Å². The quantitative estimate of drug-likeness (QED) is 0.539. The van der Waals surface area contributed by atoms with Gasteiger partial charge in [0.05, 0.1) is 5.92 Å². The maximum absolute atomic E-state index is 10.8. The average Bonchev–Trinajstić information content (AvgIpc) is 2.66. The van der Waals surface area contributed by atoms with Gasteiger partial charge in [-0.2, -0.15) is 0 Å². The Kier molecular flexibility index (Phi) is 1.46. The normalized spacial score (nSPS) is 47.0. The van der Waals surface area contributed by atoms with Crippen LogP contribution >= 0.6 is 0 Å². The van der Waals surface area contributed by atoms with Gasteiger partial charge in [-0.1, -0.05) is 0 Å². The highest BCUT2D eigenvalue weighted by Gasteiger charge is 2.69. The molecule has 0 radical (unpaired) electrons. The van der Waals surface area contributed by atoms with Crippen molar-refractivity contribution in [3.8, 4) is 0 Å². The van der Waals surface area contributed by atoms with Crippen molar-refractivity contribution < 1.29 is 19.8 Å². The minimum Gasteiger partial charge on any atom is -0.481 e. The minimum atomic E-state index is -1.28. The third-order valence-electron chi connectivity index (χ3n) is 3.34. The van der Waals surface area contributed by atoms with Gasteiger partial charge in [0.1, 0.15) is 5.54 Å². The van der Waals surface area contributed by atoms with E-state index < -0.39 is 23.4 Å². The summed E-state index contributed by atoms with van der Waals surface area (Å²) >= 11 is 0. The van der Waals surface area contributed by atoms with Crippen LogP contribution in [0.3, 0.4) is 0 Å². The van der Waals surface area contributed by atoms with E-state index in [2.05, 4.69) is 0 Å². The van der Waals surface area contributed by atoms with Gasteiger partial charge in [0.2, 0.25) is 0 Å². The van der Waals surface area contributed by atoms with Crippen LogP contribution in [0, 0.1) is 17.8 Å². The topological polar surface area (TPSA) is 101 Å². The molecule has 0 aromatic heterocycles. The fourth-order valence-corrected chi connectivity index (χ4v) is 2.59. The molecule has 2 rings (SSSR count). The highest BCUT2D eigenvalue weighted by atomic mass is 16.4. The van der Waals surface area contributed by atoms with Crippen molar-refractivity contribution in [3.63, 3.8) is 0 Å². The van der Waals surface area contributed by atoms with Gasteiger partial charge in [0, 0.05) is 5.92 Å².